The molecule has 16 heavy (non-hydrogen) atoms. The Bertz CT molecular complexity index is 339. The molecule has 2 aliphatic rings. The normalized spacial score (nSPS) is 25.1. The molecule has 0 amide bonds. The molecule has 2 fully saturated rings. The fourth-order valence-electron chi connectivity index (χ4n) is 2.95. The number of rotatable bonds is 5. The van der Waals surface area contributed by atoms with E-state index in [9.17, 15) is 0 Å². The molecule has 0 bridgehead atoms. The van der Waals surface area contributed by atoms with Crippen molar-refractivity contribution < 1.29 is 0 Å². The Balaban J connectivity index is 1.55. The lowest BCUT2D eigenvalue weighted by molar-refractivity contribution is 0.0954. The van der Waals surface area contributed by atoms with Crippen molar-refractivity contribution in [2.45, 2.75) is 45.1 Å². The molecular formula is C13H20N2S. The molecule has 2 nitrogen and oxygen atoms in total. The summed E-state index contributed by atoms with van der Waals surface area (Å²) >= 11 is 1.76. The van der Waals surface area contributed by atoms with Crippen LogP contribution in [0.2, 0.25) is 0 Å². The third kappa shape index (κ3) is 1.91. The first-order valence-electron chi connectivity index (χ1n) is 6.43. The van der Waals surface area contributed by atoms with E-state index in [2.05, 4.69) is 22.6 Å². The first kappa shape index (κ1) is 10.7. The monoisotopic (exact) mass is 236 g/mol. The fourth-order valence-corrected chi connectivity index (χ4v) is 3.62. The minimum Gasteiger partial charge on any atom is -0.308 e. The van der Waals surface area contributed by atoms with Gasteiger partial charge in [-0.15, -0.1) is 11.3 Å². The zero-order chi connectivity index (χ0) is 11.0. The zero-order valence-electron chi connectivity index (χ0n) is 9.91. The topological polar surface area (TPSA) is 24.9 Å². The molecule has 0 aliphatic heterocycles. The molecule has 1 heterocycles. The van der Waals surface area contributed by atoms with Gasteiger partial charge in [-0.05, 0) is 43.9 Å². The van der Waals surface area contributed by atoms with Crippen LogP contribution in [0.5, 0.6) is 0 Å². The van der Waals surface area contributed by atoms with Gasteiger partial charge in [0.1, 0.15) is 5.01 Å². The molecule has 3 heteroatoms. The molecule has 88 valence electrons. The summed E-state index contributed by atoms with van der Waals surface area (Å²) in [5.74, 6) is 1.04. The Labute approximate surface area is 101 Å². The number of hydrogen-bond donors (Lipinski definition) is 1. The van der Waals surface area contributed by atoms with Gasteiger partial charge >= 0.3 is 0 Å². The van der Waals surface area contributed by atoms with Crippen molar-refractivity contribution in [2.24, 2.45) is 11.3 Å². The van der Waals surface area contributed by atoms with E-state index in [1.165, 1.54) is 43.7 Å². The molecule has 0 aromatic carbocycles. The van der Waals surface area contributed by atoms with Gasteiger partial charge in [-0.3, -0.25) is 0 Å². The van der Waals surface area contributed by atoms with Crippen molar-refractivity contribution in [3.05, 3.63) is 16.6 Å². The van der Waals surface area contributed by atoms with Gasteiger partial charge in [-0.2, -0.15) is 0 Å². The summed E-state index contributed by atoms with van der Waals surface area (Å²) in [6.07, 6.45) is 9.22. The van der Waals surface area contributed by atoms with Gasteiger partial charge in [0.15, 0.2) is 0 Å². The number of nitrogens with one attached hydrogen (secondary N) is 1. The van der Waals surface area contributed by atoms with E-state index < -0.39 is 0 Å². The summed E-state index contributed by atoms with van der Waals surface area (Å²) in [7, 11) is 0. The molecule has 2 aliphatic carbocycles. The molecule has 1 atom stereocenters. The van der Waals surface area contributed by atoms with Crippen LogP contribution in [0.1, 0.15) is 50.1 Å². The average molecular weight is 236 g/mol. The molecule has 1 unspecified atom stereocenters. The Morgan fingerprint density at radius 3 is 2.88 bits per heavy atom. The summed E-state index contributed by atoms with van der Waals surface area (Å²) in [6.45, 7) is 3.44. The van der Waals surface area contributed by atoms with Crippen LogP contribution in [-0.2, 0) is 0 Å². The summed E-state index contributed by atoms with van der Waals surface area (Å²) in [5, 5.41) is 6.99. The smallest absolute Gasteiger partial charge is 0.109 e. The van der Waals surface area contributed by atoms with Gasteiger partial charge in [-0.1, -0.05) is 6.42 Å². The van der Waals surface area contributed by atoms with Gasteiger partial charge in [-0.25, -0.2) is 4.98 Å². The highest BCUT2D eigenvalue weighted by molar-refractivity contribution is 7.09. The highest BCUT2D eigenvalue weighted by Crippen LogP contribution is 2.56. The van der Waals surface area contributed by atoms with Crippen molar-refractivity contribution >= 4 is 11.3 Å². The Morgan fingerprint density at radius 2 is 2.38 bits per heavy atom. The van der Waals surface area contributed by atoms with Gasteiger partial charge < -0.3 is 5.32 Å². The van der Waals surface area contributed by atoms with Crippen LogP contribution >= 0.6 is 11.3 Å². The van der Waals surface area contributed by atoms with Crippen molar-refractivity contribution in [3.63, 3.8) is 0 Å². The maximum Gasteiger partial charge on any atom is 0.109 e. The van der Waals surface area contributed by atoms with E-state index >= 15 is 0 Å². The van der Waals surface area contributed by atoms with Gasteiger partial charge in [0.05, 0.1) is 6.04 Å². The molecular weight excluding hydrogens is 216 g/mol. The summed E-state index contributed by atoms with van der Waals surface area (Å²) in [4.78, 5) is 4.38. The van der Waals surface area contributed by atoms with Gasteiger partial charge in [0.25, 0.3) is 0 Å². The highest BCUT2D eigenvalue weighted by Gasteiger charge is 2.48. The van der Waals surface area contributed by atoms with Gasteiger partial charge in [0.2, 0.25) is 0 Å². The van der Waals surface area contributed by atoms with E-state index in [1.54, 1.807) is 11.3 Å². The second-order valence-corrected chi connectivity index (χ2v) is 6.39. The molecule has 2 saturated carbocycles. The second-order valence-electron chi connectivity index (χ2n) is 5.46. The van der Waals surface area contributed by atoms with E-state index in [0.717, 1.165) is 5.92 Å². The average Bonchev–Trinajstić information content (AvgIpc) is 2.92. The number of hydrogen-bond acceptors (Lipinski definition) is 3. The van der Waals surface area contributed by atoms with Crippen LogP contribution in [-0.4, -0.2) is 11.5 Å². The SMILES string of the molecule is CC(NCC1(C2CC2)CCC1)c1nccs1. The zero-order valence-corrected chi connectivity index (χ0v) is 10.7. The molecule has 1 N–H and O–H groups in total. The predicted octanol–water partition coefficient (Wildman–Crippen LogP) is 3.37. The number of nitrogens with zero attached hydrogens (tertiary/aromatic N) is 1. The van der Waals surface area contributed by atoms with Crippen molar-refractivity contribution in [3.8, 4) is 0 Å². The number of aromatic nitrogens is 1. The third-order valence-corrected chi connectivity index (χ3v) is 5.33. The molecule has 0 saturated heterocycles. The molecule has 0 spiro atoms. The van der Waals surface area contributed by atoms with Crippen LogP contribution in [0.4, 0.5) is 0 Å². The lowest BCUT2D eigenvalue weighted by atomic mass is 9.65. The van der Waals surface area contributed by atoms with Crippen LogP contribution in [0.25, 0.3) is 0 Å². The van der Waals surface area contributed by atoms with Crippen molar-refractivity contribution in [1.29, 1.82) is 0 Å². The molecule has 1 aromatic rings. The van der Waals surface area contributed by atoms with E-state index in [0.29, 0.717) is 11.5 Å². The van der Waals surface area contributed by atoms with Crippen molar-refractivity contribution in [1.82, 2.24) is 10.3 Å². The summed E-state index contributed by atoms with van der Waals surface area (Å²) in [6, 6.07) is 0.427. The lowest BCUT2D eigenvalue weighted by Gasteiger charge is -2.43. The molecule has 1 aromatic heterocycles. The molecule has 0 radical (unpaired) electrons. The predicted molar refractivity (Wildman–Crippen MR) is 67.5 cm³/mol. The highest BCUT2D eigenvalue weighted by atomic mass is 32.1. The molecule has 3 rings (SSSR count). The second kappa shape index (κ2) is 4.11. The largest absolute Gasteiger partial charge is 0.308 e. The minimum absolute atomic E-state index is 0.427. The maximum absolute atomic E-state index is 4.38. The Kier molecular flexibility index (Phi) is 2.76. The lowest BCUT2D eigenvalue weighted by Crippen LogP contribution is -2.42. The standard InChI is InChI=1S/C13H20N2S/c1-10(12-14-7-8-16-12)15-9-13(5-2-6-13)11-3-4-11/h7-8,10-11,15H,2-6,9H2,1H3. The number of thiazole rings is 1. The minimum atomic E-state index is 0.427. The fraction of sp³-hybridized carbons (Fsp3) is 0.769. The first-order chi connectivity index (χ1) is 7.80. The van der Waals surface area contributed by atoms with E-state index in [4.69, 9.17) is 0 Å². The van der Waals surface area contributed by atoms with Crippen LogP contribution in [0.3, 0.4) is 0 Å². The van der Waals surface area contributed by atoms with E-state index in [-0.39, 0.29) is 0 Å². The maximum atomic E-state index is 4.38. The Hall–Kier alpha value is -0.410. The van der Waals surface area contributed by atoms with E-state index in [1.807, 2.05) is 6.20 Å². The quantitative estimate of drug-likeness (QED) is 0.848. The summed E-state index contributed by atoms with van der Waals surface area (Å²) < 4.78 is 0. The van der Waals surface area contributed by atoms with Crippen LogP contribution < -0.4 is 5.32 Å². The summed E-state index contributed by atoms with van der Waals surface area (Å²) in [5.41, 5.74) is 0.672. The van der Waals surface area contributed by atoms with Crippen molar-refractivity contribution in [2.75, 3.05) is 6.54 Å². The van der Waals surface area contributed by atoms with Crippen LogP contribution in [0, 0.1) is 11.3 Å². The van der Waals surface area contributed by atoms with Gasteiger partial charge in [0, 0.05) is 18.1 Å². The first-order valence-corrected chi connectivity index (χ1v) is 7.31. The Morgan fingerprint density at radius 1 is 1.56 bits per heavy atom. The third-order valence-electron chi connectivity index (χ3n) is 4.37. The van der Waals surface area contributed by atoms with Crippen LogP contribution in [0.15, 0.2) is 11.6 Å².